The lowest BCUT2D eigenvalue weighted by atomic mass is 9.83. The van der Waals surface area contributed by atoms with Crippen molar-refractivity contribution in [3.05, 3.63) is 88.0 Å². The first-order valence-corrected chi connectivity index (χ1v) is 10.8. The van der Waals surface area contributed by atoms with Gasteiger partial charge >= 0.3 is 5.97 Å². The summed E-state index contributed by atoms with van der Waals surface area (Å²) in [5, 5.41) is 2.62. The van der Waals surface area contributed by atoms with Gasteiger partial charge in [0.1, 0.15) is 11.5 Å². The van der Waals surface area contributed by atoms with Gasteiger partial charge in [-0.1, -0.05) is 36.4 Å². The van der Waals surface area contributed by atoms with Crippen molar-refractivity contribution in [3.63, 3.8) is 0 Å². The summed E-state index contributed by atoms with van der Waals surface area (Å²) in [7, 11) is 2.94. The molecule has 0 aliphatic heterocycles. The number of nitrogens with one attached hydrogen (secondary N) is 1. The maximum Gasteiger partial charge on any atom is 0.339 e. The minimum Gasteiger partial charge on any atom is -0.496 e. The monoisotopic (exact) mass is 473 g/mol. The van der Waals surface area contributed by atoms with Crippen molar-refractivity contribution in [2.24, 2.45) is 0 Å². The molecule has 1 unspecified atom stereocenters. The zero-order valence-electron chi connectivity index (χ0n) is 19.6. The second-order valence-corrected chi connectivity index (χ2v) is 7.97. The summed E-state index contributed by atoms with van der Waals surface area (Å²) in [6, 6.07) is 14.2. The van der Waals surface area contributed by atoms with Crippen LogP contribution in [0.15, 0.2) is 54.6 Å². The highest BCUT2D eigenvalue weighted by Crippen LogP contribution is 2.32. The number of hydrogen-bond donors (Lipinski definition) is 1. The van der Waals surface area contributed by atoms with Crippen molar-refractivity contribution < 1.29 is 33.4 Å². The molecule has 4 rings (SSSR count). The van der Waals surface area contributed by atoms with E-state index in [1.54, 1.807) is 43.3 Å². The highest BCUT2D eigenvalue weighted by Gasteiger charge is 2.32. The normalized spacial score (nSPS) is 12.8. The number of benzene rings is 3. The van der Waals surface area contributed by atoms with E-state index in [1.807, 2.05) is 0 Å². The van der Waals surface area contributed by atoms with E-state index in [2.05, 4.69) is 5.32 Å². The molecular formula is C27H23NO7. The van der Waals surface area contributed by atoms with E-state index in [0.29, 0.717) is 22.6 Å². The zero-order valence-corrected chi connectivity index (χ0v) is 19.6. The van der Waals surface area contributed by atoms with Crippen molar-refractivity contribution in [1.29, 1.82) is 0 Å². The van der Waals surface area contributed by atoms with Crippen molar-refractivity contribution >= 4 is 29.1 Å². The Hall–Kier alpha value is -4.46. The maximum absolute atomic E-state index is 13.1. The molecule has 178 valence electrons. The molecule has 0 saturated heterocycles. The van der Waals surface area contributed by atoms with E-state index in [-0.39, 0.29) is 39.5 Å². The average Bonchev–Trinajstić information content (AvgIpc) is 2.87. The highest BCUT2D eigenvalue weighted by atomic mass is 16.5. The van der Waals surface area contributed by atoms with E-state index in [4.69, 9.17) is 14.2 Å². The van der Waals surface area contributed by atoms with E-state index in [0.717, 1.165) is 0 Å². The quantitative estimate of drug-likeness (QED) is 0.422. The number of methoxy groups -OCH3 is 2. The van der Waals surface area contributed by atoms with Crippen LogP contribution in [0, 0.1) is 6.92 Å². The fourth-order valence-corrected chi connectivity index (χ4v) is 3.97. The lowest BCUT2D eigenvalue weighted by molar-refractivity contribution is -0.123. The maximum atomic E-state index is 13.1. The molecule has 1 amide bonds. The van der Waals surface area contributed by atoms with Crippen molar-refractivity contribution in [3.8, 4) is 11.5 Å². The fraction of sp³-hybridized carbons (Fsp3) is 0.185. The standard InChI is InChI=1S/C27H23NO7/c1-14-21(33-3)12-16(13-22(14)34-4)27(32)35-15(2)26(31)28-20-11-7-10-19-23(20)25(30)18-9-6-5-8-17(18)24(19)29/h5-13,15H,1-4H3,(H,28,31). The third kappa shape index (κ3) is 4.26. The van der Waals surface area contributed by atoms with Crippen LogP contribution >= 0.6 is 0 Å². The van der Waals surface area contributed by atoms with Crippen molar-refractivity contribution in [2.75, 3.05) is 19.5 Å². The highest BCUT2D eigenvalue weighted by molar-refractivity contribution is 6.30. The summed E-state index contributed by atoms with van der Waals surface area (Å²) in [6.45, 7) is 3.20. The van der Waals surface area contributed by atoms with Crippen molar-refractivity contribution in [2.45, 2.75) is 20.0 Å². The lowest BCUT2D eigenvalue weighted by Gasteiger charge is -2.21. The number of ether oxygens (including phenoxy) is 3. The first-order valence-electron chi connectivity index (χ1n) is 10.8. The predicted octanol–water partition coefficient (Wildman–Crippen LogP) is 3.97. The number of esters is 1. The third-order valence-corrected chi connectivity index (χ3v) is 5.85. The molecule has 0 radical (unpaired) electrons. The first-order chi connectivity index (χ1) is 16.8. The summed E-state index contributed by atoms with van der Waals surface area (Å²) in [6.07, 6.45) is -1.20. The topological polar surface area (TPSA) is 108 Å². The Morgan fingerprint density at radius 1 is 0.829 bits per heavy atom. The zero-order chi connectivity index (χ0) is 25.3. The van der Waals surface area contributed by atoms with Crippen LogP contribution in [0.5, 0.6) is 11.5 Å². The summed E-state index contributed by atoms with van der Waals surface area (Å²) < 4.78 is 15.9. The van der Waals surface area contributed by atoms with Gasteiger partial charge in [0, 0.05) is 22.3 Å². The molecule has 8 nitrogen and oxygen atoms in total. The summed E-state index contributed by atoms with van der Waals surface area (Å²) in [5.41, 5.74) is 1.94. The number of carbonyl (C=O) groups is 4. The van der Waals surface area contributed by atoms with Gasteiger partial charge in [0.05, 0.1) is 31.0 Å². The summed E-state index contributed by atoms with van der Waals surface area (Å²) in [5.74, 6) is -1.19. The Balaban J connectivity index is 1.55. The molecule has 8 heteroatoms. The van der Waals surface area contributed by atoms with Crippen LogP contribution in [0.1, 0.15) is 54.7 Å². The molecule has 3 aromatic carbocycles. The minimum atomic E-state index is -1.20. The largest absolute Gasteiger partial charge is 0.496 e. The van der Waals surface area contributed by atoms with Gasteiger partial charge in [-0.15, -0.1) is 0 Å². The van der Waals surface area contributed by atoms with Crippen LogP contribution in [-0.2, 0) is 9.53 Å². The predicted molar refractivity (Wildman–Crippen MR) is 128 cm³/mol. The Kier molecular flexibility index (Phi) is 6.38. The lowest BCUT2D eigenvalue weighted by Crippen LogP contribution is -2.31. The first kappa shape index (κ1) is 23.7. The molecule has 0 bridgehead atoms. The van der Waals surface area contributed by atoms with Gasteiger partial charge in [-0.2, -0.15) is 0 Å². The van der Waals surface area contributed by atoms with Gasteiger partial charge in [0.2, 0.25) is 0 Å². The van der Waals surface area contributed by atoms with Gasteiger partial charge in [0.25, 0.3) is 5.91 Å². The molecule has 1 atom stereocenters. The van der Waals surface area contributed by atoms with E-state index in [9.17, 15) is 19.2 Å². The van der Waals surface area contributed by atoms with Crippen molar-refractivity contribution in [1.82, 2.24) is 0 Å². The smallest absolute Gasteiger partial charge is 0.339 e. The van der Waals surface area contributed by atoms with E-state index >= 15 is 0 Å². The number of carbonyl (C=O) groups excluding carboxylic acids is 4. The van der Waals surface area contributed by atoms with Gasteiger partial charge < -0.3 is 19.5 Å². The number of anilines is 1. The second-order valence-electron chi connectivity index (χ2n) is 7.97. The molecule has 0 saturated carbocycles. The number of ketones is 2. The van der Waals surface area contributed by atoms with Crippen LogP contribution in [0.2, 0.25) is 0 Å². The molecule has 1 aliphatic carbocycles. The summed E-state index contributed by atoms with van der Waals surface area (Å²) in [4.78, 5) is 51.6. The van der Waals surface area contributed by atoms with Crippen LogP contribution in [0.3, 0.4) is 0 Å². The van der Waals surface area contributed by atoms with Crippen LogP contribution in [0.4, 0.5) is 5.69 Å². The SMILES string of the molecule is COc1cc(C(=O)OC(C)C(=O)Nc2cccc3c2C(=O)c2ccccc2C3=O)cc(OC)c1C. The number of rotatable bonds is 6. The average molecular weight is 473 g/mol. The second kappa shape index (κ2) is 9.42. The van der Waals surface area contributed by atoms with Gasteiger partial charge in [0.15, 0.2) is 17.7 Å². The molecular weight excluding hydrogens is 450 g/mol. The molecule has 3 aromatic rings. The Morgan fingerprint density at radius 2 is 1.40 bits per heavy atom. The minimum absolute atomic E-state index is 0.107. The van der Waals surface area contributed by atoms with Crippen LogP contribution < -0.4 is 14.8 Å². The van der Waals surface area contributed by atoms with Gasteiger partial charge in [-0.25, -0.2) is 4.79 Å². The van der Waals surface area contributed by atoms with Gasteiger partial charge in [-0.3, -0.25) is 14.4 Å². The Bertz CT molecular complexity index is 1350. The molecule has 1 N–H and O–H groups in total. The molecule has 0 fully saturated rings. The Labute approximate surface area is 201 Å². The van der Waals surface area contributed by atoms with Gasteiger partial charge in [-0.05, 0) is 32.0 Å². The number of fused-ring (bicyclic) bond motifs is 2. The molecule has 1 aliphatic rings. The Morgan fingerprint density at radius 3 is 2.00 bits per heavy atom. The number of amides is 1. The van der Waals surface area contributed by atoms with E-state index < -0.39 is 18.0 Å². The number of hydrogen-bond acceptors (Lipinski definition) is 7. The molecule has 0 aromatic heterocycles. The summed E-state index contributed by atoms with van der Waals surface area (Å²) >= 11 is 0. The molecule has 0 heterocycles. The van der Waals surface area contributed by atoms with E-state index in [1.165, 1.54) is 39.3 Å². The molecule has 35 heavy (non-hydrogen) atoms. The third-order valence-electron chi connectivity index (χ3n) is 5.85. The fourth-order valence-electron chi connectivity index (χ4n) is 3.97. The molecule has 0 spiro atoms. The van der Waals surface area contributed by atoms with Crippen LogP contribution in [-0.4, -0.2) is 43.8 Å². The van der Waals surface area contributed by atoms with Crippen LogP contribution in [0.25, 0.3) is 0 Å².